The van der Waals surface area contributed by atoms with Crippen LogP contribution >= 0.6 is 23.2 Å². The summed E-state index contributed by atoms with van der Waals surface area (Å²) in [5.41, 5.74) is 2.29. The highest BCUT2D eigenvalue weighted by Crippen LogP contribution is 2.26. The Hall–Kier alpha value is -1.32. The van der Waals surface area contributed by atoms with Crippen LogP contribution in [0.25, 0.3) is 6.08 Å². The van der Waals surface area contributed by atoms with Crippen LogP contribution in [-0.2, 0) is 6.54 Å². The minimum Gasteiger partial charge on any atom is -0.297 e. The van der Waals surface area contributed by atoms with Crippen LogP contribution < -0.4 is 0 Å². The summed E-state index contributed by atoms with van der Waals surface area (Å²) in [5, 5.41) is 1.52. The van der Waals surface area contributed by atoms with Crippen molar-refractivity contribution in [3.63, 3.8) is 0 Å². The highest BCUT2D eigenvalue weighted by atomic mass is 35.5. The Morgan fingerprint density at radius 2 is 1.42 bits per heavy atom. The number of rotatable bonds is 5. The maximum Gasteiger partial charge on any atom is 0.0465 e. The van der Waals surface area contributed by atoms with Crippen LogP contribution in [-0.4, -0.2) is 42.5 Å². The molecule has 2 nitrogen and oxygen atoms in total. The van der Waals surface area contributed by atoms with Gasteiger partial charge < -0.3 is 0 Å². The molecule has 1 heterocycles. The average Bonchev–Trinajstić information content (AvgIpc) is 2.61. The zero-order valence-corrected chi connectivity index (χ0v) is 15.2. The molecule has 1 saturated heterocycles. The fourth-order valence-electron chi connectivity index (χ4n) is 2.94. The molecule has 0 spiro atoms. The number of halogens is 2. The van der Waals surface area contributed by atoms with Gasteiger partial charge in [-0.05, 0) is 17.7 Å². The fraction of sp³-hybridized carbons (Fsp3) is 0.300. The second-order valence-electron chi connectivity index (χ2n) is 6.09. The van der Waals surface area contributed by atoms with E-state index in [0.29, 0.717) is 0 Å². The Morgan fingerprint density at radius 1 is 0.792 bits per heavy atom. The number of benzene rings is 2. The van der Waals surface area contributed by atoms with Gasteiger partial charge in [0, 0.05) is 54.9 Å². The predicted molar refractivity (Wildman–Crippen MR) is 104 cm³/mol. The molecule has 1 fully saturated rings. The molecule has 2 aromatic rings. The monoisotopic (exact) mass is 360 g/mol. The number of hydrogen-bond donors (Lipinski definition) is 0. The van der Waals surface area contributed by atoms with Crippen molar-refractivity contribution in [1.82, 2.24) is 9.80 Å². The van der Waals surface area contributed by atoms with Gasteiger partial charge in [-0.2, -0.15) is 0 Å². The first kappa shape index (κ1) is 17.5. The summed E-state index contributed by atoms with van der Waals surface area (Å²) in [5.74, 6) is 0. The van der Waals surface area contributed by atoms with E-state index < -0.39 is 0 Å². The minimum atomic E-state index is 0.760. The molecule has 0 aromatic heterocycles. The molecule has 0 unspecified atom stereocenters. The first-order chi connectivity index (χ1) is 11.7. The molecule has 0 radical (unpaired) electrons. The van der Waals surface area contributed by atoms with Crippen LogP contribution in [0, 0.1) is 0 Å². The van der Waals surface area contributed by atoms with E-state index in [0.717, 1.165) is 54.9 Å². The maximum atomic E-state index is 6.27. The molecule has 3 rings (SSSR count). The zero-order valence-electron chi connectivity index (χ0n) is 13.7. The van der Waals surface area contributed by atoms with Crippen molar-refractivity contribution in [2.24, 2.45) is 0 Å². The van der Waals surface area contributed by atoms with Crippen LogP contribution in [0.4, 0.5) is 0 Å². The third-order valence-corrected chi connectivity index (χ3v) is 5.09. The molecule has 24 heavy (non-hydrogen) atoms. The highest BCUT2D eigenvalue weighted by Gasteiger charge is 2.18. The zero-order chi connectivity index (χ0) is 16.8. The van der Waals surface area contributed by atoms with E-state index in [1.54, 1.807) is 0 Å². The molecule has 0 saturated carbocycles. The summed E-state index contributed by atoms with van der Waals surface area (Å²) in [6, 6.07) is 16.1. The molecule has 2 aromatic carbocycles. The van der Waals surface area contributed by atoms with E-state index in [1.807, 2.05) is 24.3 Å². The molecular formula is C20H22Cl2N2. The SMILES string of the molecule is Clc1cccc(Cl)c1CN1CCN(C/C=C/c2ccccc2)CC1. The normalized spacial score (nSPS) is 16.8. The van der Waals surface area contributed by atoms with E-state index in [4.69, 9.17) is 23.2 Å². The van der Waals surface area contributed by atoms with E-state index in [9.17, 15) is 0 Å². The van der Waals surface area contributed by atoms with Gasteiger partial charge in [0.05, 0.1) is 0 Å². The van der Waals surface area contributed by atoms with Gasteiger partial charge in [-0.3, -0.25) is 9.80 Å². The quantitative estimate of drug-likeness (QED) is 0.753. The van der Waals surface area contributed by atoms with Gasteiger partial charge in [0.2, 0.25) is 0 Å². The van der Waals surface area contributed by atoms with Crippen molar-refractivity contribution < 1.29 is 0 Å². The van der Waals surface area contributed by atoms with Gasteiger partial charge in [-0.25, -0.2) is 0 Å². The van der Waals surface area contributed by atoms with Gasteiger partial charge >= 0.3 is 0 Å². The molecule has 0 bridgehead atoms. The summed E-state index contributed by atoms with van der Waals surface area (Å²) in [7, 11) is 0. The van der Waals surface area contributed by atoms with Gasteiger partial charge in [0.1, 0.15) is 0 Å². The van der Waals surface area contributed by atoms with Crippen LogP contribution in [0.5, 0.6) is 0 Å². The number of nitrogens with zero attached hydrogens (tertiary/aromatic N) is 2. The molecule has 1 aliphatic heterocycles. The van der Waals surface area contributed by atoms with Gasteiger partial charge in [-0.15, -0.1) is 0 Å². The van der Waals surface area contributed by atoms with Crippen LogP contribution in [0.3, 0.4) is 0 Å². The lowest BCUT2D eigenvalue weighted by Gasteiger charge is -2.34. The second kappa shape index (κ2) is 8.68. The Labute approximate surface area is 154 Å². The summed E-state index contributed by atoms with van der Waals surface area (Å²) < 4.78 is 0. The predicted octanol–water partition coefficient (Wildman–Crippen LogP) is 4.82. The summed E-state index contributed by atoms with van der Waals surface area (Å²) in [6.45, 7) is 6.05. The Bertz CT molecular complexity index is 657. The van der Waals surface area contributed by atoms with Crippen molar-refractivity contribution in [3.8, 4) is 0 Å². The Morgan fingerprint density at radius 3 is 2.08 bits per heavy atom. The van der Waals surface area contributed by atoms with E-state index in [-0.39, 0.29) is 0 Å². The largest absolute Gasteiger partial charge is 0.297 e. The Balaban J connectivity index is 1.47. The lowest BCUT2D eigenvalue weighted by Crippen LogP contribution is -2.45. The first-order valence-electron chi connectivity index (χ1n) is 8.31. The molecule has 0 amide bonds. The lowest BCUT2D eigenvalue weighted by atomic mass is 10.2. The summed E-state index contributed by atoms with van der Waals surface area (Å²) in [6.07, 6.45) is 4.44. The van der Waals surface area contributed by atoms with E-state index in [2.05, 4.69) is 46.2 Å². The Kier molecular flexibility index (Phi) is 6.33. The molecule has 1 aliphatic rings. The second-order valence-corrected chi connectivity index (χ2v) is 6.90. The van der Waals surface area contributed by atoms with E-state index >= 15 is 0 Å². The van der Waals surface area contributed by atoms with Crippen LogP contribution in [0.2, 0.25) is 10.0 Å². The average molecular weight is 361 g/mol. The van der Waals surface area contributed by atoms with Crippen LogP contribution in [0.15, 0.2) is 54.6 Å². The molecule has 0 atom stereocenters. The summed E-state index contributed by atoms with van der Waals surface area (Å²) in [4.78, 5) is 4.90. The third kappa shape index (κ3) is 4.84. The highest BCUT2D eigenvalue weighted by molar-refractivity contribution is 6.35. The number of hydrogen-bond acceptors (Lipinski definition) is 2. The third-order valence-electron chi connectivity index (χ3n) is 4.38. The standard InChI is InChI=1S/C20H22Cl2N2/c21-19-9-4-10-20(22)18(19)16-24-14-12-23(13-15-24)11-5-8-17-6-2-1-3-7-17/h1-10H,11-16H2/b8-5+. The smallest absolute Gasteiger partial charge is 0.0465 e. The van der Waals surface area contributed by atoms with Crippen molar-refractivity contribution in [2.75, 3.05) is 32.7 Å². The maximum absolute atomic E-state index is 6.27. The molecular weight excluding hydrogens is 339 g/mol. The minimum absolute atomic E-state index is 0.760. The van der Waals surface area contributed by atoms with Gasteiger partial charge in [0.25, 0.3) is 0 Å². The van der Waals surface area contributed by atoms with Crippen molar-refractivity contribution in [3.05, 3.63) is 75.8 Å². The molecule has 4 heteroatoms. The lowest BCUT2D eigenvalue weighted by molar-refractivity contribution is 0.137. The number of piperazine rings is 1. The topological polar surface area (TPSA) is 6.48 Å². The first-order valence-corrected chi connectivity index (χ1v) is 9.07. The van der Waals surface area contributed by atoms with Crippen molar-refractivity contribution in [2.45, 2.75) is 6.54 Å². The molecule has 0 N–H and O–H groups in total. The van der Waals surface area contributed by atoms with E-state index in [1.165, 1.54) is 5.56 Å². The van der Waals surface area contributed by atoms with Gasteiger partial charge in [0.15, 0.2) is 0 Å². The van der Waals surface area contributed by atoms with Crippen molar-refractivity contribution >= 4 is 29.3 Å². The van der Waals surface area contributed by atoms with Crippen LogP contribution in [0.1, 0.15) is 11.1 Å². The van der Waals surface area contributed by atoms with Gasteiger partial charge in [-0.1, -0.05) is 71.8 Å². The fourth-order valence-corrected chi connectivity index (χ4v) is 3.46. The molecule has 0 aliphatic carbocycles. The molecule has 126 valence electrons. The summed E-state index contributed by atoms with van der Waals surface area (Å²) >= 11 is 12.5. The van der Waals surface area contributed by atoms with Crippen molar-refractivity contribution in [1.29, 1.82) is 0 Å².